The highest BCUT2D eigenvalue weighted by molar-refractivity contribution is 14.0. The van der Waals surface area contributed by atoms with Gasteiger partial charge in [-0.05, 0) is 31.5 Å². The van der Waals surface area contributed by atoms with Crippen LogP contribution in [0.5, 0.6) is 0 Å². The van der Waals surface area contributed by atoms with Gasteiger partial charge < -0.3 is 25.2 Å². The summed E-state index contributed by atoms with van der Waals surface area (Å²) in [6.07, 6.45) is 0.0198. The van der Waals surface area contributed by atoms with Crippen molar-refractivity contribution >= 4 is 59.2 Å². The van der Waals surface area contributed by atoms with Gasteiger partial charge >= 0.3 is 6.09 Å². The van der Waals surface area contributed by atoms with Gasteiger partial charge in [-0.25, -0.2) is 4.79 Å². The Labute approximate surface area is 194 Å². The molecule has 0 saturated carbocycles. The highest BCUT2D eigenvalue weighted by atomic mass is 127. The number of nitrogens with one attached hydrogen (secondary N) is 2. The van der Waals surface area contributed by atoms with E-state index in [2.05, 4.69) is 20.5 Å². The van der Waals surface area contributed by atoms with E-state index in [9.17, 15) is 9.59 Å². The van der Waals surface area contributed by atoms with E-state index in [1.54, 1.807) is 31.0 Å². The molecule has 0 radical (unpaired) electrons. The third-order valence-corrected chi connectivity index (χ3v) is 4.90. The molecule has 8 nitrogen and oxygen atoms in total. The lowest BCUT2D eigenvalue weighted by Gasteiger charge is -2.35. The molecule has 1 heterocycles. The normalized spacial score (nSPS) is 14.1. The summed E-state index contributed by atoms with van der Waals surface area (Å²) in [4.78, 5) is 32.0. The van der Waals surface area contributed by atoms with E-state index < -0.39 is 0 Å². The van der Waals surface area contributed by atoms with Gasteiger partial charge in [-0.15, -0.1) is 24.0 Å². The van der Waals surface area contributed by atoms with E-state index in [0.717, 1.165) is 17.2 Å². The predicted molar refractivity (Wildman–Crippen MR) is 126 cm³/mol. The van der Waals surface area contributed by atoms with Crippen LogP contribution < -0.4 is 10.6 Å². The first-order valence-corrected chi connectivity index (χ1v) is 9.76. The monoisotopic (exact) mass is 537 g/mol. The highest BCUT2D eigenvalue weighted by Gasteiger charge is 2.23. The molecule has 2 rings (SSSR count). The molecular weight excluding hydrogens is 509 g/mol. The van der Waals surface area contributed by atoms with E-state index >= 15 is 0 Å². The Morgan fingerprint density at radius 3 is 2.48 bits per heavy atom. The van der Waals surface area contributed by atoms with E-state index in [1.165, 1.54) is 0 Å². The van der Waals surface area contributed by atoms with E-state index in [4.69, 9.17) is 16.3 Å². The summed E-state index contributed by atoms with van der Waals surface area (Å²) in [7, 11) is 1.70. The molecule has 162 valence electrons. The number of rotatable bonds is 5. The Bertz CT molecular complexity index is 724. The highest BCUT2D eigenvalue weighted by Crippen LogP contribution is 2.22. The molecule has 0 spiro atoms. The van der Waals surface area contributed by atoms with Gasteiger partial charge in [-0.1, -0.05) is 17.7 Å². The minimum atomic E-state index is -0.280. The average molecular weight is 538 g/mol. The van der Waals surface area contributed by atoms with Gasteiger partial charge in [0, 0.05) is 56.9 Å². The van der Waals surface area contributed by atoms with Gasteiger partial charge in [0.15, 0.2) is 5.96 Å². The van der Waals surface area contributed by atoms with Crippen molar-refractivity contribution in [3.05, 3.63) is 28.8 Å². The van der Waals surface area contributed by atoms with Crippen LogP contribution in [0.3, 0.4) is 0 Å². The zero-order chi connectivity index (χ0) is 20.5. The Balaban J connectivity index is 0.00000420. The number of aliphatic imine (C=N–C) groups is 1. The summed E-state index contributed by atoms with van der Waals surface area (Å²) in [5.74, 6) is 0.621. The molecular formula is C19H29ClIN5O3. The molecule has 1 saturated heterocycles. The summed E-state index contributed by atoms with van der Waals surface area (Å²) in [5.41, 5.74) is 1.57. The second-order valence-corrected chi connectivity index (χ2v) is 6.76. The molecule has 1 aliphatic heterocycles. The SMILES string of the molecule is CCOC(=O)N1CCN(C(=NC)NCCC(=O)Nc2cccc(Cl)c2C)CC1.I. The molecule has 2 amide bonds. The maximum Gasteiger partial charge on any atom is 0.409 e. The quantitative estimate of drug-likeness (QED) is 0.343. The Morgan fingerprint density at radius 1 is 1.21 bits per heavy atom. The smallest absolute Gasteiger partial charge is 0.409 e. The number of hydrogen-bond donors (Lipinski definition) is 2. The number of hydrogen-bond acceptors (Lipinski definition) is 4. The van der Waals surface area contributed by atoms with Gasteiger partial charge in [-0.2, -0.15) is 0 Å². The van der Waals surface area contributed by atoms with Crippen LogP contribution in [0.4, 0.5) is 10.5 Å². The molecule has 0 bridgehead atoms. The summed E-state index contributed by atoms with van der Waals surface area (Å²) in [6.45, 7) is 6.97. The van der Waals surface area contributed by atoms with Crippen LogP contribution in [0.2, 0.25) is 5.02 Å². The number of guanidine groups is 1. The molecule has 1 aromatic rings. The van der Waals surface area contributed by atoms with Crippen molar-refractivity contribution in [3.63, 3.8) is 0 Å². The number of nitrogens with zero attached hydrogens (tertiary/aromatic N) is 3. The van der Waals surface area contributed by atoms with Crippen LogP contribution in [0.15, 0.2) is 23.2 Å². The van der Waals surface area contributed by atoms with Crippen LogP contribution in [-0.2, 0) is 9.53 Å². The first-order chi connectivity index (χ1) is 13.5. The van der Waals surface area contributed by atoms with Crippen molar-refractivity contribution in [1.82, 2.24) is 15.1 Å². The van der Waals surface area contributed by atoms with Crippen molar-refractivity contribution in [3.8, 4) is 0 Å². The Kier molecular flexibility index (Phi) is 11.1. The standard InChI is InChI=1S/C19H28ClN5O3.HI/c1-4-28-19(27)25-12-10-24(11-13-25)18(21-3)22-9-8-17(26)23-16-7-5-6-15(20)14(16)2;/h5-7H,4,8-13H2,1-3H3,(H,21,22)(H,23,26);1H. The van der Waals surface area contributed by atoms with Crippen molar-refractivity contribution in [2.75, 3.05) is 51.7 Å². The van der Waals surface area contributed by atoms with Gasteiger partial charge in [-0.3, -0.25) is 9.79 Å². The van der Waals surface area contributed by atoms with Gasteiger partial charge in [0.1, 0.15) is 0 Å². The Morgan fingerprint density at radius 2 is 1.86 bits per heavy atom. The number of carbonyl (C=O) groups excluding carboxylic acids is 2. The lowest BCUT2D eigenvalue weighted by Crippen LogP contribution is -2.54. The molecule has 0 aliphatic carbocycles. The van der Waals surface area contributed by atoms with Crippen LogP contribution in [0.25, 0.3) is 0 Å². The molecule has 0 atom stereocenters. The van der Waals surface area contributed by atoms with Crippen molar-refractivity contribution in [2.24, 2.45) is 4.99 Å². The summed E-state index contributed by atoms with van der Waals surface area (Å²) in [5, 5.41) is 6.71. The van der Waals surface area contributed by atoms with Crippen molar-refractivity contribution in [1.29, 1.82) is 0 Å². The number of anilines is 1. The lowest BCUT2D eigenvalue weighted by atomic mass is 10.2. The second kappa shape index (κ2) is 12.7. The molecule has 1 aliphatic rings. The fourth-order valence-corrected chi connectivity index (χ4v) is 3.07. The summed E-state index contributed by atoms with van der Waals surface area (Å²) >= 11 is 6.08. The topological polar surface area (TPSA) is 86.3 Å². The van der Waals surface area contributed by atoms with Crippen LogP contribution in [0.1, 0.15) is 18.9 Å². The maximum absolute atomic E-state index is 12.2. The van der Waals surface area contributed by atoms with Gasteiger partial charge in [0.2, 0.25) is 5.91 Å². The molecule has 1 fully saturated rings. The minimum absolute atomic E-state index is 0. The second-order valence-electron chi connectivity index (χ2n) is 6.36. The fourth-order valence-electron chi connectivity index (χ4n) is 2.89. The van der Waals surface area contributed by atoms with E-state index in [0.29, 0.717) is 50.8 Å². The lowest BCUT2D eigenvalue weighted by molar-refractivity contribution is -0.116. The summed E-state index contributed by atoms with van der Waals surface area (Å²) in [6, 6.07) is 5.43. The van der Waals surface area contributed by atoms with E-state index in [1.807, 2.05) is 13.0 Å². The number of ether oxygens (including phenoxy) is 1. The minimum Gasteiger partial charge on any atom is -0.450 e. The van der Waals surface area contributed by atoms with Crippen molar-refractivity contribution in [2.45, 2.75) is 20.3 Å². The predicted octanol–water partition coefficient (Wildman–Crippen LogP) is 2.94. The number of piperazine rings is 1. The van der Waals surface area contributed by atoms with Gasteiger partial charge in [0.05, 0.1) is 6.61 Å². The molecule has 29 heavy (non-hydrogen) atoms. The average Bonchev–Trinajstić information content (AvgIpc) is 2.69. The number of benzene rings is 1. The number of halogens is 2. The van der Waals surface area contributed by atoms with Crippen LogP contribution >= 0.6 is 35.6 Å². The van der Waals surface area contributed by atoms with Crippen molar-refractivity contribution < 1.29 is 14.3 Å². The summed E-state index contributed by atoms with van der Waals surface area (Å²) < 4.78 is 5.03. The molecule has 0 unspecified atom stereocenters. The fraction of sp³-hybridized carbons (Fsp3) is 0.526. The molecule has 0 aromatic heterocycles. The Hall–Kier alpha value is -1.75. The third kappa shape index (κ3) is 7.54. The van der Waals surface area contributed by atoms with Gasteiger partial charge in [0.25, 0.3) is 0 Å². The largest absolute Gasteiger partial charge is 0.450 e. The van der Waals surface area contributed by atoms with E-state index in [-0.39, 0.29) is 36.0 Å². The molecule has 10 heteroatoms. The molecule has 1 aromatic carbocycles. The third-order valence-electron chi connectivity index (χ3n) is 4.49. The zero-order valence-electron chi connectivity index (χ0n) is 17.0. The first-order valence-electron chi connectivity index (χ1n) is 9.38. The zero-order valence-corrected chi connectivity index (χ0v) is 20.1. The van der Waals surface area contributed by atoms with Crippen LogP contribution in [0, 0.1) is 6.92 Å². The maximum atomic E-state index is 12.2. The number of amides is 2. The first kappa shape index (κ1) is 25.3. The molecule has 2 N–H and O–H groups in total. The number of carbonyl (C=O) groups is 2. The van der Waals surface area contributed by atoms with Crippen LogP contribution in [-0.4, -0.2) is 74.1 Å².